The van der Waals surface area contributed by atoms with Gasteiger partial charge >= 0.3 is 6.03 Å². The minimum absolute atomic E-state index is 0.148. The number of aliphatic hydroxyl groups is 1. The number of ether oxygens (including phenoxy) is 1. The van der Waals surface area contributed by atoms with Crippen LogP contribution in [0.15, 0.2) is 48.9 Å². The normalized spacial score (nSPS) is 22.0. The van der Waals surface area contributed by atoms with Crippen molar-refractivity contribution in [3.63, 3.8) is 0 Å². The number of nitrogens with two attached hydrogens (primary N) is 1. The van der Waals surface area contributed by atoms with Crippen molar-refractivity contribution < 1.29 is 23.8 Å². The second-order valence-electron chi connectivity index (χ2n) is 10.3. The van der Waals surface area contributed by atoms with Crippen LogP contribution in [0.5, 0.6) is 5.75 Å². The molecule has 11 heteroatoms. The van der Waals surface area contributed by atoms with Gasteiger partial charge in [0.25, 0.3) is 0 Å². The smallest absolute Gasteiger partial charge is 0.314 e. The van der Waals surface area contributed by atoms with Crippen LogP contribution in [0, 0.1) is 18.2 Å². The molecular weight excluding hydrogens is 525 g/mol. The molecule has 3 N–H and O–H groups in total. The summed E-state index contributed by atoms with van der Waals surface area (Å²) in [5.41, 5.74) is 7.63. The molecule has 2 aromatic carbocycles. The lowest BCUT2D eigenvalue weighted by atomic mass is 9.68. The molecule has 3 heterocycles. The van der Waals surface area contributed by atoms with Crippen LogP contribution in [0.1, 0.15) is 41.6 Å². The molecule has 9 nitrogen and oxygen atoms in total. The molecule has 0 aliphatic carbocycles. The van der Waals surface area contributed by atoms with Crippen LogP contribution in [-0.2, 0) is 4.79 Å². The number of benzene rings is 2. The Labute approximate surface area is 230 Å². The van der Waals surface area contributed by atoms with E-state index in [1.54, 1.807) is 24.4 Å². The van der Waals surface area contributed by atoms with Crippen molar-refractivity contribution in [1.82, 2.24) is 19.4 Å². The number of primary amides is 1. The molecule has 0 saturated carbocycles. The summed E-state index contributed by atoms with van der Waals surface area (Å²) in [7, 11) is 1.58. The van der Waals surface area contributed by atoms with E-state index in [1.807, 2.05) is 35.9 Å². The molecule has 5 rings (SSSR count). The Balaban J connectivity index is 1.55. The lowest BCUT2D eigenvalue weighted by Gasteiger charge is -2.45. The number of aryl methyl sites for hydroxylation is 1. The molecule has 3 amide bonds. The first-order valence-corrected chi connectivity index (χ1v) is 13.2. The average molecular weight is 556 g/mol. The zero-order valence-electron chi connectivity index (χ0n) is 21.8. The summed E-state index contributed by atoms with van der Waals surface area (Å²) in [6.45, 7) is 2.28. The van der Waals surface area contributed by atoms with Crippen molar-refractivity contribution in [3.8, 4) is 11.4 Å². The van der Waals surface area contributed by atoms with Gasteiger partial charge in [0.2, 0.25) is 5.91 Å². The van der Waals surface area contributed by atoms with Gasteiger partial charge in [0, 0.05) is 36.8 Å². The zero-order chi connectivity index (χ0) is 27.9. The molecule has 1 spiro atoms. The summed E-state index contributed by atoms with van der Waals surface area (Å²) in [5.74, 6) is -0.534. The molecule has 3 aromatic rings. The number of halogens is 2. The quantitative estimate of drug-likeness (QED) is 0.480. The van der Waals surface area contributed by atoms with E-state index in [0.717, 1.165) is 16.9 Å². The fourth-order valence-corrected chi connectivity index (χ4v) is 6.39. The van der Waals surface area contributed by atoms with Crippen molar-refractivity contribution in [2.24, 2.45) is 11.1 Å². The first kappa shape index (κ1) is 27.0. The number of carbonyl (C=O) groups excluding carboxylic acids is 2. The molecule has 1 aromatic heterocycles. The summed E-state index contributed by atoms with van der Waals surface area (Å²) in [6.07, 6.45) is 4.76. The predicted molar refractivity (Wildman–Crippen MR) is 143 cm³/mol. The van der Waals surface area contributed by atoms with Gasteiger partial charge in [0.1, 0.15) is 11.6 Å². The Morgan fingerprint density at radius 2 is 2.13 bits per heavy atom. The van der Waals surface area contributed by atoms with Gasteiger partial charge in [-0.05, 0) is 61.2 Å². The van der Waals surface area contributed by atoms with Crippen molar-refractivity contribution in [2.45, 2.75) is 31.7 Å². The standard InChI is InChI=1S/C28H31ClFN5O4/c1-17-12-34(16-32-17)23-5-4-18(10-25(23)39-2)22-13-33(27(31)38)15-28(22)6-3-7-35(26(28)37)24(14-36)19-8-20(29)11-21(30)9-19/h4-5,8-12,16,22,24,36H,3,6-7,13-15H2,1-2H3,(H2,31,38)/t22?,24-,28?/m0/s1. The van der Waals surface area contributed by atoms with Crippen LogP contribution in [0.3, 0.4) is 0 Å². The summed E-state index contributed by atoms with van der Waals surface area (Å²) in [5, 5.41) is 10.5. The van der Waals surface area contributed by atoms with Crippen LogP contribution >= 0.6 is 11.6 Å². The maximum Gasteiger partial charge on any atom is 0.314 e. The lowest BCUT2D eigenvalue weighted by molar-refractivity contribution is -0.150. The van der Waals surface area contributed by atoms with E-state index in [4.69, 9.17) is 22.1 Å². The van der Waals surface area contributed by atoms with Gasteiger partial charge in [-0.1, -0.05) is 17.7 Å². The molecule has 2 saturated heterocycles. The minimum atomic E-state index is -0.976. The number of methoxy groups -OCH3 is 1. The van der Waals surface area contributed by atoms with Gasteiger partial charge in [-0.2, -0.15) is 0 Å². The van der Waals surface area contributed by atoms with Crippen LogP contribution in [-0.4, -0.2) is 69.7 Å². The van der Waals surface area contributed by atoms with E-state index in [2.05, 4.69) is 4.98 Å². The Morgan fingerprint density at radius 3 is 2.77 bits per heavy atom. The van der Waals surface area contributed by atoms with Crippen LogP contribution in [0.25, 0.3) is 5.69 Å². The number of urea groups is 1. The van der Waals surface area contributed by atoms with Crippen molar-refractivity contribution >= 4 is 23.5 Å². The Hall–Kier alpha value is -3.63. The number of imidazole rings is 1. The summed E-state index contributed by atoms with van der Waals surface area (Å²) < 4.78 is 21.8. The van der Waals surface area contributed by atoms with Crippen molar-refractivity contribution in [1.29, 1.82) is 0 Å². The van der Waals surface area contributed by atoms with E-state index < -0.39 is 29.9 Å². The van der Waals surface area contributed by atoms with E-state index in [-0.39, 0.29) is 29.9 Å². The SMILES string of the molecule is COc1cc(C2CN(C(N)=O)CC23CCCN([C@@H](CO)c2cc(F)cc(Cl)c2)C3=O)ccc1-n1cnc(C)c1. The van der Waals surface area contributed by atoms with Crippen LogP contribution in [0.4, 0.5) is 9.18 Å². The third-order valence-corrected chi connectivity index (χ3v) is 8.20. The topological polar surface area (TPSA) is 114 Å². The second-order valence-corrected chi connectivity index (χ2v) is 10.7. The lowest BCUT2D eigenvalue weighted by Crippen LogP contribution is -2.54. The highest BCUT2D eigenvalue weighted by Gasteiger charge is 2.57. The molecule has 2 unspecified atom stereocenters. The van der Waals surface area contributed by atoms with Crippen molar-refractivity contribution in [2.75, 3.05) is 33.4 Å². The van der Waals surface area contributed by atoms with Crippen molar-refractivity contribution in [3.05, 3.63) is 76.6 Å². The number of carbonyl (C=O) groups is 2. The van der Waals surface area contributed by atoms with Gasteiger partial charge in [-0.3, -0.25) is 4.79 Å². The molecule has 39 heavy (non-hydrogen) atoms. The predicted octanol–water partition coefficient (Wildman–Crippen LogP) is 3.80. The molecule has 2 fully saturated rings. The van der Waals surface area contributed by atoms with Crippen LogP contribution in [0.2, 0.25) is 5.02 Å². The maximum atomic E-state index is 14.4. The van der Waals surface area contributed by atoms with E-state index >= 15 is 0 Å². The Kier molecular flexibility index (Phi) is 7.26. The van der Waals surface area contributed by atoms with Gasteiger partial charge in [0.15, 0.2) is 0 Å². The highest BCUT2D eigenvalue weighted by molar-refractivity contribution is 6.30. The second kappa shape index (κ2) is 10.5. The third kappa shape index (κ3) is 4.83. The number of aromatic nitrogens is 2. The minimum Gasteiger partial charge on any atom is -0.495 e. The molecule has 3 atom stereocenters. The summed E-state index contributed by atoms with van der Waals surface area (Å²) >= 11 is 6.09. The monoisotopic (exact) mass is 555 g/mol. The Bertz CT molecular complexity index is 1390. The number of amides is 3. The molecule has 2 aliphatic heterocycles. The zero-order valence-corrected chi connectivity index (χ0v) is 22.6. The van der Waals surface area contributed by atoms with E-state index in [1.165, 1.54) is 17.0 Å². The number of piperidine rings is 1. The Morgan fingerprint density at radius 1 is 1.33 bits per heavy atom. The molecule has 0 bridgehead atoms. The number of hydrogen-bond acceptors (Lipinski definition) is 5. The summed E-state index contributed by atoms with van der Waals surface area (Å²) in [6, 6.07) is 8.37. The van der Waals surface area contributed by atoms with Gasteiger partial charge in [-0.15, -0.1) is 0 Å². The molecule has 0 radical (unpaired) electrons. The highest BCUT2D eigenvalue weighted by atomic mass is 35.5. The summed E-state index contributed by atoms with van der Waals surface area (Å²) in [4.78, 5) is 34.1. The molecule has 206 valence electrons. The van der Waals surface area contributed by atoms with E-state index in [0.29, 0.717) is 30.7 Å². The fraction of sp³-hybridized carbons (Fsp3) is 0.393. The number of hydrogen-bond donors (Lipinski definition) is 2. The largest absolute Gasteiger partial charge is 0.495 e. The maximum absolute atomic E-state index is 14.4. The average Bonchev–Trinajstić information content (AvgIpc) is 3.51. The van der Waals surface area contributed by atoms with Crippen LogP contribution < -0.4 is 10.5 Å². The number of rotatable bonds is 6. The van der Waals surface area contributed by atoms with E-state index in [9.17, 15) is 19.1 Å². The number of likely N-dealkylation sites (tertiary alicyclic amines) is 2. The van der Waals surface area contributed by atoms with Gasteiger partial charge < -0.3 is 29.9 Å². The number of nitrogens with zero attached hydrogens (tertiary/aromatic N) is 4. The molecular formula is C28H31ClFN5O4. The molecule has 2 aliphatic rings. The highest BCUT2D eigenvalue weighted by Crippen LogP contribution is 2.51. The first-order valence-electron chi connectivity index (χ1n) is 12.8. The third-order valence-electron chi connectivity index (χ3n) is 7.98. The first-order chi connectivity index (χ1) is 18.7. The fourth-order valence-electron chi connectivity index (χ4n) is 6.16. The van der Waals surface area contributed by atoms with Gasteiger partial charge in [0.05, 0.1) is 42.9 Å². The number of aliphatic hydroxyl groups excluding tert-OH is 1. The van der Waals surface area contributed by atoms with Gasteiger partial charge in [-0.25, -0.2) is 14.2 Å².